The Kier molecular flexibility index (Phi) is 10.3. The van der Waals surface area contributed by atoms with E-state index in [1.807, 2.05) is 20.8 Å². The van der Waals surface area contributed by atoms with Crippen LogP contribution in [0.3, 0.4) is 0 Å². The molecule has 0 rings (SSSR count). The van der Waals surface area contributed by atoms with Crippen molar-refractivity contribution < 1.29 is 17.9 Å². The van der Waals surface area contributed by atoms with E-state index in [0.29, 0.717) is 26.2 Å². The van der Waals surface area contributed by atoms with Crippen molar-refractivity contribution in [1.82, 2.24) is 10.2 Å². The topological polar surface area (TPSA) is 24.5 Å². The second-order valence-electron chi connectivity index (χ2n) is 4.91. The summed E-state index contributed by atoms with van der Waals surface area (Å²) in [5.74, 6) is 0. The Morgan fingerprint density at radius 1 is 1.16 bits per heavy atom. The van der Waals surface area contributed by atoms with E-state index in [1.165, 1.54) is 4.90 Å². The monoisotopic (exact) mass is 284 g/mol. The van der Waals surface area contributed by atoms with Crippen molar-refractivity contribution in [3.05, 3.63) is 0 Å². The van der Waals surface area contributed by atoms with Crippen LogP contribution in [-0.4, -0.2) is 56.5 Å². The number of nitrogens with one attached hydrogen (secondary N) is 1. The van der Waals surface area contributed by atoms with Gasteiger partial charge in [-0.1, -0.05) is 6.92 Å². The minimum atomic E-state index is -4.11. The van der Waals surface area contributed by atoms with Gasteiger partial charge in [0.1, 0.15) is 0 Å². The molecule has 0 atom stereocenters. The van der Waals surface area contributed by atoms with Gasteiger partial charge in [-0.15, -0.1) is 0 Å². The Morgan fingerprint density at radius 2 is 1.84 bits per heavy atom. The van der Waals surface area contributed by atoms with Crippen molar-refractivity contribution in [2.75, 3.05) is 39.3 Å². The van der Waals surface area contributed by atoms with Crippen molar-refractivity contribution in [1.29, 1.82) is 0 Å². The summed E-state index contributed by atoms with van der Waals surface area (Å²) in [7, 11) is 0. The SMILES string of the molecule is CCCN(CCNCCCOC(C)C)CC(F)(F)F. The van der Waals surface area contributed by atoms with Gasteiger partial charge in [0.15, 0.2) is 0 Å². The lowest BCUT2D eigenvalue weighted by atomic mass is 10.3. The molecule has 0 aromatic heterocycles. The van der Waals surface area contributed by atoms with Crippen LogP contribution in [0.15, 0.2) is 0 Å². The van der Waals surface area contributed by atoms with E-state index in [9.17, 15) is 13.2 Å². The van der Waals surface area contributed by atoms with Crippen LogP contribution in [0.4, 0.5) is 13.2 Å². The largest absolute Gasteiger partial charge is 0.401 e. The molecular formula is C13H27F3N2O. The lowest BCUT2D eigenvalue weighted by Crippen LogP contribution is -2.39. The lowest BCUT2D eigenvalue weighted by molar-refractivity contribution is -0.145. The third kappa shape index (κ3) is 13.9. The Labute approximate surface area is 114 Å². The van der Waals surface area contributed by atoms with Crippen LogP contribution in [0, 0.1) is 0 Å². The van der Waals surface area contributed by atoms with E-state index in [1.54, 1.807) is 0 Å². The summed E-state index contributed by atoms with van der Waals surface area (Å²) in [6.07, 6.45) is -2.27. The highest BCUT2D eigenvalue weighted by Crippen LogP contribution is 2.16. The summed E-state index contributed by atoms with van der Waals surface area (Å²) in [6, 6.07) is 0. The molecule has 3 nitrogen and oxygen atoms in total. The van der Waals surface area contributed by atoms with Gasteiger partial charge in [0.2, 0.25) is 0 Å². The van der Waals surface area contributed by atoms with Crippen LogP contribution in [0.5, 0.6) is 0 Å². The molecule has 0 spiro atoms. The summed E-state index contributed by atoms with van der Waals surface area (Å²) in [4.78, 5) is 1.44. The molecule has 1 N–H and O–H groups in total. The first kappa shape index (κ1) is 18.7. The van der Waals surface area contributed by atoms with Gasteiger partial charge >= 0.3 is 6.18 Å². The third-order valence-corrected chi connectivity index (χ3v) is 2.50. The van der Waals surface area contributed by atoms with Gasteiger partial charge in [-0.05, 0) is 39.8 Å². The molecule has 0 aromatic rings. The van der Waals surface area contributed by atoms with E-state index in [0.717, 1.165) is 19.4 Å². The quantitative estimate of drug-likeness (QED) is 0.590. The molecule has 0 unspecified atom stereocenters. The standard InChI is InChI=1S/C13H27F3N2O/c1-4-8-18(11-13(14,15)16)9-7-17-6-5-10-19-12(2)3/h12,17H,4-11H2,1-3H3. The number of alkyl halides is 3. The van der Waals surface area contributed by atoms with Gasteiger partial charge in [0, 0.05) is 19.7 Å². The number of halogens is 3. The normalized spacial score (nSPS) is 12.6. The fraction of sp³-hybridized carbons (Fsp3) is 1.00. The summed E-state index contributed by atoms with van der Waals surface area (Å²) in [5.41, 5.74) is 0. The fourth-order valence-electron chi connectivity index (χ4n) is 1.72. The van der Waals surface area contributed by atoms with Crippen LogP contribution in [-0.2, 0) is 4.74 Å². The van der Waals surface area contributed by atoms with Crippen molar-refractivity contribution in [3.8, 4) is 0 Å². The van der Waals surface area contributed by atoms with Crippen LogP contribution in [0.25, 0.3) is 0 Å². The van der Waals surface area contributed by atoms with Crippen LogP contribution >= 0.6 is 0 Å². The Morgan fingerprint density at radius 3 is 2.37 bits per heavy atom. The minimum Gasteiger partial charge on any atom is -0.379 e. The van der Waals surface area contributed by atoms with Crippen molar-refractivity contribution in [2.45, 2.75) is 45.9 Å². The molecule has 6 heteroatoms. The smallest absolute Gasteiger partial charge is 0.379 e. The number of hydrogen-bond acceptors (Lipinski definition) is 3. The first-order valence-electron chi connectivity index (χ1n) is 6.96. The van der Waals surface area contributed by atoms with Crippen molar-refractivity contribution in [3.63, 3.8) is 0 Å². The zero-order chi connectivity index (χ0) is 14.7. The molecule has 116 valence electrons. The average Bonchev–Trinajstić information content (AvgIpc) is 2.25. The fourth-order valence-corrected chi connectivity index (χ4v) is 1.72. The molecule has 0 aliphatic carbocycles. The van der Waals surface area contributed by atoms with Gasteiger partial charge in [-0.2, -0.15) is 13.2 Å². The molecule has 19 heavy (non-hydrogen) atoms. The summed E-state index contributed by atoms with van der Waals surface area (Å²) < 4.78 is 42.3. The predicted octanol–water partition coefficient (Wildman–Crippen LogP) is 2.67. The number of ether oxygens (including phenoxy) is 1. The number of hydrogen-bond donors (Lipinski definition) is 1. The Bertz CT molecular complexity index is 211. The van der Waals surface area contributed by atoms with E-state index in [4.69, 9.17) is 4.74 Å². The van der Waals surface area contributed by atoms with Gasteiger partial charge in [0.05, 0.1) is 12.6 Å². The summed E-state index contributed by atoms with van der Waals surface area (Å²) in [6.45, 7) is 7.98. The third-order valence-electron chi connectivity index (χ3n) is 2.50. The molecular weight excluding hydrogens is 257 g/mol. The van der Waals surface area contributed by atoms with Crippen LogP contribution < -0.4 is 5.32 Å². The van der Waals surface area contributed by atoms with Crippen molar-refractivity contribution >= 4 is 0 Å². The molecule has 0 heterocycles. The number of rotatable bonds is 11. The predicted molar refractivity (Wildman–Crippen MR) is 71.4 cm³/mol. The molecule has 0 aliphatic heterocycles. The first-order chi connectivity index (χ1) is 8.85. The molecule has 0 saturated carbocycles. The molecule has 0 aliphatic rings. The highest BCUT2D eigenvalue weighted by molar-refractivity contribution is 4.64. The first-order valence-corrected chi connectivity index (χ1v) is 6.96. The molecule has 0 aromatic carbocycles. The second-order valence-corrected chi connectivity index (χ2v) is 4.91. The molecule has 0 bridgehead atoms. The molecule has 0 amide bonds. The Balaban J connectivity index is 3.59. The van der Waals surface area contributed by atoms with Crippen LogP contribution in [0.1, 0.15) is 33.6 Å². The van der Waals surface area contributed by atoms with Gasteiger partial charge < -0.3 is 10.1 Å². The maximum Gasteiger partial charge on any atom is 0.401 e. The zero-order valence-electron chi connectivity index (χ0n) is 12.2. The highest BCUT2D eigenvalue weighted by Gasteiger charge is 2.29. The Hall–Kier alpha value is -0.330. The summed E-state index contributed by atoms with van der Waals surface area (Å²) in [5, 5.41) is 3.14. The second kappa shape index (κ2) is 10.5. The summed E-state index contributed by atoms with van der Waals surface area (Å²) >= 11 is 0. The van der Waals surface area contributed by atoms with Gasteiger partial charge in [-0.3, -0.25) is 4.90 Å². The van der Waals surface area contributed by atoms with E-state index >= 15 is 0 Å². The van der Waals surface area contributed by atoms with E-state index < -0.39 is 12.7 Å². The average molecular weight is 284 g/mol. The maximum absolute atomic E-state index is 12.3. The van der Waals surface area contributed by atoms with Gasteiger partial charge in [0.25, 0.3) is 0 Å². The van der Waals surface area contributed by atoms with E-state index in [2.05, 4.69) is 5.32 Å². The number of nitrogens with zero attached hydrogens (tertiary/aromatic N) is 1. The molecule has 0 fully saturated rings. The van der Waals surface area contributed by atoms with Crippen LogP contribution in [0.2, 0.25) is 0 Å². The minimum absolute atomic E-state index is 0.229. The van der Waals surface area contributed by atoms with Gasteiger partial charge in [-0.25, -0.2) is 0 Å². The highest BCUT2D eigenvalue weighted by atomic mass is 19.4. The lowest BCUT2D eigenvalue weighted by Gasteiger charge is -2.23. The maximum atomic E-state index is 12.3. The zero-order valence-corrected chi connectivity index (χ0v) is 12.2. The molecule has 0 saturated heterocycles. The molecule has 0 radical (unpaired) electrons. The van der Waals surface area contributed by atoms with E-state index in [-0.39, 0.29) is 6.10 Å². The van der Waals surface area contributed by atoms with Crippen molar-refractivity contribution in [2.24, 2.45) is 0 Å².